The first kappa shape index (κ1) is 10.8. The van der Waals surface area contributed by atoms with Gasteiger partial charge in [0.05, 0.1) is 0 Å². The Hall–Kier alpha value is -0.284. The first-order valence-corrected chi connectivity index (χ1v) is 9.63. The molecule has 1 aromatic carbocycles. The summed E-state index contributed by atoms with van der Waals surface area (Å²) in [5.74, 6) is 1.14. The van der Waals surface area contributed by atoms with E-state index in [1.54, 1.807) is 6.07 Å². The minimum atomic E-state index is -0.270. The van der Waals surface area contributed by atoms with E-state index in [1.165, 1.54) is 0 Å². The Labute approximate surface area is 90.7 Å². The molecule has 2 nitrogen and oxygen atoms in total. The third-order valence-electron chi connectivity index (χ3n) is 1.78. The summed E-state index contributed by atoms with van der Waals surface area (Å²) in [6.07, 6.45) is 0.858. The quantitative estimate of drug-likeness (QED) is 0.873. The van der Waals surface area contributed by atoms with Crippen molar-refractivity contribution in [2.45, 2.75) is 17.9 Å². The van der Waals surface area contributed by atoms with E-state index in [4.69, 9.17) is 4.74 Å². The number of phenolic OH excluding ortho intramolecular Hbond substituents is 1. The molecule has 72 valence electrons. The van der Waals surface area contributed by atoms with Gasteiger partial charge in [-0.3, -0.25) is 0 Å². The molecule has 0 aromatic heterocycles. The second kappa shape index (κ2) is 5.45. The zero-order valence-electron chi connectivity index (χ0n) is 7.91. The van der Waals surface area contributed by atoms with Crippen LogP contribution < -0.4 is 4.74 Å². The summed E-state index contributed by atoms with van der Waals surface area (Å²) in [7, 11) is 0. The average molecular weight is 375 g/mol. The van der Waals surface area contributed by atoms with Gasteiger partial charge in [0, 0.05) is 0 Å². The van der Waals surface area contributed by atoms with E-state index in [0.29, 0.717) is 5.75 Å². The number of phenols is 1. The molecular formula is C10H14O2Po. The van der Waals surface area contributed by atoms with Gasteiger partial charge >= 0.3 is 90.9 Å². The number of aromatic hydroxyl groups is 1. The number of benzene rings is 1. The van der Waals surface area contributed by atoms with Crippen molar-refractivity contribution in [3.63, 3.8) is 0 Å². The summed E-state index contributed by atoms with van der Waals surface area (Å²) in [6.45, 7) is 2.02. The van der Waals surface area contributed by atoms with E-state index >= 15 is 0 Å². The normalized spacial score (nSPS) is 10.0. The Morgan fingerprint density at radius 3 is 2.77 bits per heavy atom. The number of hydrogen-bond acceptors (Lipinski definition) is 2. The Kier molecular flexibility index (Phi) is 4.52. The molecule has 0 radical (unpaired) electrons. The van der Waals surface area contributed by atoms with Crippen molar-refractivity contribution in [2.75, 3.05) is 4.27 Å². The van der Waals surface area contributed by atoms with Gasteiger partial charge in [0.15, 0.2) is 0 Å². The van der Waals surface area contributed by atoms with E-state index in [9.17, 15) is 5.11 Å². The van der Waals surface area contributed by atoms with Gasteiger partial charge in [0.1, 0.15) is 0 Å². The predicted octanol–water partition coefficient (Wildman–Crippen LogP) is 2.04. The third-order valence-corrected chi connectivity index (χ3v) is 3.16. The van der Waals surface area contributed by atoms with Crippen LogP contribution in [-0.2, 0) is 6.42 Å². The minimum absolute atomic E-state index is 0.270. The Morgan fingerprint density at radius 1 is 1.46 bits per heavy atom. The average Bonchev–Trinajstić information content (AvgIpc) is 2.15. The van der Waals surface area contributed by atoms with Crippen LogP contribution in [0.2, 0.25) is 4.58 Å². The molecule has 0 aliphatic carbocycles. The molecule has 0 unspecified atom stereocenters. The summed E-state index contributed by atoms with van der Waals surface area (Å²) in [5.41, 5.74) is 0.976. The van der Waals surface area contributed by atoms with Gasteiger partial charge in [-0.15, -0.1) is 0 Å². The molecule has 0 saturated heterocycles. The number of ether oxygens (including phenoxy) is 1. The molecule has 0 saturated carbocycles. The second-order valence-corrected chi connectivity index (χ2v) is 5.86. The van der Waals surface area contributed by atoms with Crippen molar-refractivity contribution in [1.29, 1.82) is 0 Å². The van der Waals surface area contributed by atoms with Crippen molar-refractivity contribution in [3.8, 4) is 11.5 Å². The fraction of sp³-hybridized carbons (Fsp3) is 0.400. The van der Waals surface area contributed by atoms with Crippen LogP contribution in [0.1, 0.15) is 12.5 Å². The molecule has 0 aliphatic heterocycles. The maximum atomic E-state index is 9.52. The molecule has 0 bridgehead atoms. The first-order chi connectivity index (χ1) is 6.27. The summed E-state index contributed by atoms with van der Waals surface area (Å²) in [4.78, 5) is 0. The van der Waals surface area contributed by atoms with Crippen LogP contribution in [0, 0.1) is 0 Å². The van der Waals surface area contributed by atoms with Crippen LogP contribution in [0.4, 0.5) is 0 Å². The molecule has 0 aliphatic rings. The number of hydrogen-bond donors (Lipinski definition) is 1. The van der Waals surface area contributed by atoms with Gasteiger partial charge in [-0.05, 0) is 0 Å². The number of rotatable bonds is 4. The summed E-state index contributed by atoms with van der Waals surface area (Å²) in [6, 6.07) is 5.55. The van der Waals surface area contributed by atoms with Crippen molar-refractivity contribution in [3.05, 3.63) is 23.8 Å². The van der Waals surface area contributed by atoms with E-state index in [1.807, 2.05) is 19.1 Å². The molecule has 3 heteroatoms. The SMILES string of the molecule is CCc1ccc(O[CH2][Po][CH3])cc1O. The Balaban J connectivity index is 2.71. The molecule has 1 aromatic rings. The van der Waals surface area contributed by atoms with Crippen molar-refractivity contribution in [1.82, 2.24) is 0 Å². The summed E-state index contributed by atoms with van der Waals surface area (Å²) >= 11 is -0.270. The summed E-state index contributed by atoms with van der Waals surface area (Å²) in [5, 5.41) is 9.52. The molecule has 13 heavy (non-hydrogen) atoms. The van der Waals surface area contributed by atoms with Crippen LogP contribution >= 0.6 is 0 Å². The van der Waals surface area contributed by atoms with Gasteiger partial charge in [0.2, 0.25) is 0 Å². The molecular weight excluding hydrogens is 361 g/mol. The fourth-order valence-electron chi connectivity index (χ4n) is 1.06. The van der Waals surface area contributed by atoms with Crippen LogP contribution in [0.15, 0.2) is 18.2 Å². The van der Waals surface area contributed by atoms with Crippen LogP contribution in [0.5, 0.6) is 11.5 Å². The van der Waals surface area contributed by atoms with Gasteiger partial charge in [-0.2, -0.15) is 0 Å². The molecule has 1 rings (SSSR count). The van der Waals surface area contributed by atoms with Crippen molar-refractivity contribution < 1.29 is 9.84 Å². The molecule has 0 heterocycles. The van der Waals surface area contributed by atoms with E-state index in [0.717, 1.165) is 22.0 Å². The maximum absolute atomic E-state index is 9.52. The monoisotopic (exact) mass is 375 g/mol. The van der Waals surface area contributed by atoms with E-state index in [-0.39, 0.29) is 23.6 Å². The Morgan fingerprint density at radius 2 is 2.23 bits per heavy atom. The van der Waals surface area contributed by atoms with Crippen molar-refractivity contribution in [2.24, 2.45) is 0 Å². The van der Waals surface area contributed by atoms with E-state index in [2.05, 4.69) is 4.58 Å². The number of aryl methyl sites for hydroxylation is 1. The predicted molar refractivity (Wildman–Crippen MR) is 54.6 cm³/mol. The summed E-state index contributed by atoms with van der Waals surface area (Å²) < 4.78 is 8.54. The topological polar surface area (TPSA) is 29.5 Å². The van der Waals surface area contributed by atoms with Crippen molar-refractivity contribution >= 4 is 23.6 Å². The van der Waals surface area contributed by atoms with Crippen LogP contribution in [-0.4, -0.2) is 32.9 Å². The standard InChI is InChI=1S/C9H11O2.CH3.Po/c1-3-7-4-5-8(11-2)6-9(7)10;;/h4-6,10H,2-3H2,1H3;1H3;. The van der Waals surface area contributed by atoms with Gasteiger partial charge in [-0.25, -0.2) is 0 Å². The third kappa shape index (κ3) is 3.16. The molecule has 0 spiro atoms. The molecule has 0 amide bonds. The zero-order chi connectivity index (χ0) is 9.68. The molecule has 0 fully saturated rings. The molecule has 1 N–H and O–H groups in total. The first-order valence-electron chi connectivity index (χ1n) is 4.21. The second-order valence-electron chi connectivity index (χ2n) is 2.69. The fourth-order valence-corrected chi connectivity index (χ4v) is 2.05. The van der Waals surface area contributed by atoms with Gasteiger partial charge in [0.25, 0.3) is 0 Å². The van der Waals surface area contributed by atoms with Crippen LogP contribution in [0.3, 0.4) is 0 Å². The van der Waals surface area contributed by atoms with E-state index < -0.39 is 0 Å². The molecule has 0 atom stereocenters. The van der Waals surface area contributed by atoms with Gasteiger partial charge < -0.3 is 0 Å². The Bertz CT molecular complexity index is 274. The zero-order valence-corrected chi connectivity index (χ0v) is 11.1. The van der Waals surface area contributed by atoms with Crippen LogP contribution in [0.25, 0.3) is 0 Å². The van der Waals surface area contributed by atoms with Gasteiger partial charge in [-0.1, -0.05) is 0 Å².